The van der Waals surface area contributed by atoms with Gasteiger partial charge >= 0.3 is 0 Å². The van der Waals surface area contributed by atoms with Crippen LogP contribution in [0.15, 0.2) is 0 Å². The van der Waals surface area contributed by atoms with Crippen molar-refractivity contribution in [3.05, 3.63) is 0 Å². The maximum Gasteiger partial charge on any atom is 0.238 e. The SMILES string of the molecule is CC1CNCC1NC(=O)C1CCCCS1(=O)=O. The number of hydrogen-bond acceptors (Lipinski definition) is 4. The predicted molar refractivity (Wildman–Crippen MR) is 65.4 cm³/mol. The minimum Gasteiger partial charge on any atom is -0.351 e. The molecule has 2 fully saturated rings. The monoisotopic (exact) mass is 260 g/mol. The molecule has 2 saturated heterocycles. The van der Waals surface area contributed by atoms with E-state index < -0.39 is 15.1 Å². The van der Waals surface area contributed by atoms with Crippen LogP contribution in [0.3, 0.4) is 0 Å². The highest BCUT2D eigenvalue weighted by Crippen LogP contribution is 2.20. The lowest BCUT2D eigenvalue weighted by Crippen LogP contribution is -2.48. The second-order valence-electron chi connectivity index (χ2n) is 5.10. The van der Waals surface area contributed by atoms with E-state index in [9.17, 15) is 13.2 Å². The Morgan fingerprint density at radius 3 is 2.65 bits per heavy atom. The van der Waals surface area contributed by atoms with Crippen LogP contribution in [-0.2, 0) is 14.6 Å². The standard InChI is InChI=1S/C11H20N2O3S/c1-8-6-12-7-9(8)13-11(14)10-4-2-3-5-17(10,15)16/h8-10,12H,2-7H2,1H3,(H,13,14). The zero-order valence-corrected chi connectivity index (χ0v) is 10.9. The summed E-state index contributed by atoms with van der Waals surface area (Å²) in [5.41, 5.74) is 0. The third-order valence-corrected chi connectivity index (χ3v) is 5.89. The van der Waals surface area contributed by atoms with Crippen LogP contribution >= 0.6 is 0 Å². The topological polar surface area (TPSA) is 75.3 Å². The largest absolute Gasteiger partial charge is 0.351 e. The number of rotatable bonds is 2. The van der Waals surface area contributed by atoms with E-state index in [4.69, 9.17) is 0 Å². The third kappa shape index (κ3) is 2.80. The number of amides is 1. The van der Waals surface area contributed by atoms with Gasteiger partial charge in [0.1, 0.15) is 5.25 Å². The Kier molecular flexibility index (Phi) is 3.73. The molecule has 0 aromatic rings. The summed E-state index contributed by atoms with van der Waals surface area (Å²) in [6, 6.07) is 0.0691. The molecule has 0 spiro atoms. The van der Waals surface area contributed by atoms with E-state index >= 15 is 0 Å². The number of carbonyl (C=O) groups excluding carboxylic acids is 1. The average molecular weight is 260 g/mol. The van der Waals surface area contributed by atoms with Gasteiger partial charge in [0.15, 0.2) is 9.84 Å². The Morgan fingerprint density at radius 2 is 2.06 bits per heavy atom. The molecule has 0 aliphatic carbocycles. The molecular weight excluding hydrogens is 240 g/mol. The van der Waals surface area contributed by atoms with Crippen molar-refractivity contribution in [1.29, 1.82) is 0 Å². The molecule has 17 heavy (non-hydrogen) atoms. The molecule has 0 saturated carbocycles. The summed E-state index contributed by atoms with van der Waals surface area (Å²) in [4.78, 5) is 12.0. The third-order valence-electron chi connectivity index (χ3n) is 3.72. The van der Waals surface area contributed by atoms with Gasteiger partial charge in [0, 0.05) is 12.6 Å². The summed E-state index contributed by atoms with van der Waals surface area (Å²) in [5, 5.41) is 5.24. The Morgan fingerprint density at radius 1 is 1.29 bits per heavy atom. The Balaban J connectivity index is 1.99. The van der Waals surface area contributed by atoms with E-state index in [0.717, 1.165) is 19.5 Å². The Bertz CT molecular complexity index is 394. The van der Waals surface area contributed by atoms with Crippen LogP contribution in [-0.4, -0.2) is 44.5 Å². The highest BCUT2D eigenvalue weighted by atomic mass is 32.2. The van der Waals surface area contributed by atoms with Crippen molar-refractivity contribution in [2.45, 2.75) is 37.5 Å². The first kappa shape index (κ1) is 12.8. The molecule has 2 aliphatic rings. The van der Waals surface area contributed by atoms with E-state index in [1.807, 2.05) is 0 Å². The zero-order chi connectivity index (χ0) is 12.5. The van der Waals surface area contributed by atoms with Crippen molar-refractivity contribution >= 4 is 15.7 Å². The molecule has 3 unspecified atom stereocenters. The summed E-state index contributed by atoms with van der Waals surface area (Å²) < 4.78 is 23.6. The smallest absolute Gasteiger partial charge is 0.238 e. The molecule has 0 bridgehead atoms. The minimum atomic E-state index is -3.21. The maximum atomic E-state index is 12.0. The second kappa shape index (κ2) is 4.94. The molecule has 0 aromatic carbocycles. The molecule has 2 heterocycles. The van der Waals surface area contributed by atoms with Gasteiger partial charge in [0.05, 0.1) is 5.75 Å². The zero-order valence-electron chi connectivity index (χ0n) is 10.1. The fourth-order valence-electron chi connectivity index (χ4n) is 2.53. The quantitative estimate of drug-likeness (QED) is 0.713. The normalized spacial score (nSPS) is 36.6. The number of nitrogens with one attached hydrogen (secondary N) is 2. The van der Waals surface area contributed by atoms with Crippen LogP contribution in [0.4, 0.5) is 0 Å². The molecule has 2 aliphatic heterocycles. The molecule has 2 N–H and O–H groups in total. The predicted octanol–water partition coefficient (Wildman–Crippen LogP) is -0.322. The van der Waals surface area contributed by atoms with Crippen molar-refractivity contribution in [2.75, 3.05) is 18.8 Å². The fraction of sp³-hybridized carbons (Fsp3) is 0.909. The van der Waals surface area contributed by atoms with Crippen molar-refractivity contribution in [1.82, 2.24) is 10.6 Å². The summed E-state index contributed by atoms with van der Waals surface area (Å²) >= 11 is 0. The summed E-state index contributed by atoms with van der Waals surface area (Å²) in [6.45, 7) is 3.67. The van der Waals surface area contributed by atoms with E-state index in [0.29, 0.717) is 18.8 Å². The van der Waals surface area contributed by atoms with Crippen LogP contribution < -0.4 is 10.6 Å². The van der Waals surface area contributed by atoms with Crippen molar-refractivity contribution < 1.29 is 13.2 Å². The van der Waals surface area contributed by atoms with Crippen LogP contribution in [0, 0.1) is 5.92 Å². The summed E-state index contributed by atoms with van der Waals surface area (Å²) in [6.07, 6.45) is 1.99. The fourth-order valence-corrected chi connectivity index (χ4v) is 4.34. The van der Waals surface area contributed by atoms with Crippen LogP contribution in [0.2, 0.25) is 0 Å². The molecule has 0 radical (unpaired) electrons. The van der Waals surface area contributed by atoms with Crippen LogP contribution in [0.1, 0.15) is 26.2 Å². The van der Waals surface area contributed by atoms with E-state index in [-0.39, 0.29) is 17.7 Å². The van der Waals surface area contributed by atoms with Crippen molar-refractivity contribution in [3.63, 3.8) is 0 Å². The van der Waals surface area contributed by atoms with Gasteiger partial charge < -0.3 is 10.6 Å². The van der Waals surface area contributed by atoms with E-state index in [2.05, 4.69) is 17.6 Å². The molecule has 0 aromatic heterocycles. The van der Waals surface area contributed by atoms with Gasteiger partial charge in [-0.05, 0) is 25.3 Å². The van der Waals surface area contributed by atoms with Gasteiger partial charge in [0.2, 0.25) is 5.91 Å². The van der Waals surface area contributed by atoms with E-state index in [1.54, 1.807) is 0 Å². The van der Waals surface area contributed by atoms with Gasteiger partial charge in [-0.3, -0.25) is 4.79 Å². The minimum absolute atomic E-state index is 0.0691. The summed E-state index contributed by atoms with van der Waals surface area (Å²) in [5.74, 6) is 0.222. The molecule has 1 amide bonds. The first-order chi connectivity index (χ1) is 8.00. The lowest BCUT2D eigenvalue weighted by Gasteiger charge is -2.24. The van der Waals surface area contributed by atoms with Gasteiger partial charge in [-0.1, -0.05) is 13.3 Å². The van der Waals surface area contributed by atoms with Gasteiger partial charge in [-0.2, -0.15) is 0 Å². The highest BCUT2D eigenvalue weighted by Gasteiger charge is 2.36. The average Bonchev–Trinajstić information content (AvgIpc) is 2.63. The van der Waals surface area contributed by atoms with E-state index in [1.165, 1.54) is 0 Å². The molecule has 3 atom stereocenters. The van der Waals surface area contributed by atoms with Crippen LogP contribution in [0.5, 0.6) is 0 Å². The Labute approximate surface area is 102 Å². The maximum absolute atomic E-state index is 12.0. The molecule has 2 rings (SSSR count). The second-order valence-corrected chi connectivity index (χ2v) is 7.41. The molecule has 6 heteroatoms. The number of carbonyl (C=O) groups is 1. The van der Waals surface area contributed by atoms with Gasteiger partial charge in [0.25, 0.3) is 0 Å². The molecule has 5 nitrogen and oxygen atoms in total. The van der Waals surface area contributed by atoms with Gasteiger partial charge in [-0.25, -0.2) is 8.42 Å². The summed E-state index contributed by atoms with van der Waals surface area (Å²) in [7, 11) is -3.21. The number of hydrogen-bond donors (Lipinski definition) is 2. The first-order valence-corrected chi connectivity index (χ1v) is 7.95. The lowest BCUT2D eigenvalue weighted by molar-refractivity contribution is -0.121. The first-order valence-electron chi connectivity index (χ1n) is 6.23. The van der Waals surface area contributed by atoms with Crippen molar-refractivity contribution in [2.24, 2.45) is 5.92 Å². The molecular formula is C11H20N2O3S. The highest BCUT2D eigenvalue weighted by molar-refractivity contribution is 7.92. The van der Waals surface area contributed by atoms with Crippen LogP contribution in [0.25, 0.3) is 0 Å². The molecule has 98 valence electrons. The Hall–Kier alpha value is -0.620. The lowest BCUT2D eigenvalue weighted by atomic mass is 10.1. The van der Waals surface area contributed by atoms with Gasteiger partial charge in [-0.15, -0.1) is 0 Å². The van der Waals surface area contributed by atoms with Crippen molar-refractivity contribution in [3.8, 4) is 0 Å². The number of sulfone groups is 1.